The molecule has 0 spiro atoms. The van der Waals surface area contributed by atoms with Gasteiger partial charge in [-0.05, 0) is 87.9 Å². The predicted molar refractivity (Wildman–Crippen MR) is 288 cm³/mol. The molecule has 5 rings (SSSR count). The molecule has 3 aliphatic heterocycles. The van der Waals surface area contributed by atoms with E-state index in [1.165, 1.54) is 25.7 Å². The Morgan fingerprint density at radius 2 is 1.65 bits per heavy atom. The van der Waals surface area contributed by atoms with Crippen molar-refractivity contribution in [2.45, 2.75) is 193 Å². The number of aliphatic hydroxyl groups excluding tert-OH is 2. The van der Waals surface area contributed by atoms with E-state index in [0.717, 1.165) is 12.3 Å². The molecule has 5 heterocycles. The summed E-state index contributed by atoms with van der Waals surface area (Å²) >= 11 is 0. The monoisotopic (exact) mass is 1150 g/mol. The van der Waals surface area contributed by atoms with Crippen LogP contribution in [0.5, 0.6) is 0 Å². The third-order valence-corrected chi connectivity index (χ3v) is 17.2. The lowest BCUT2D eigenvalue weighted by atomic mass is 9.73. The van der Waals surface area contributed by atoms with E-state index in [1.807, 2.05) is 25.9 Å². The predicted octanol–water partition coefficient (Wildman–Crippen LogP) is 2.84. The smallest absolute Gasteiger partial charge is 0.341 e. The van der Waals surface area contributed by atoms with Crippen LogP contribution >= 0.6 is 0 Å². The summed E-state index contributed by atoms with van der Waals surface area (Å²) in [5.74, 6) is -7.53. The number of oxime groups is 1. The van der Waals surface area contributed by atoms with Crippen molar-refractivity contribution in [3.8, 4) is 0 Å². The van der Waals surface area contributed by atoms with Crippen molar-refractivity contribution in [3.05, 3.63) is 33.9 Å². The van der Waals surface area contributed by atoms with Crippen LogP contribution in [-0.2, 0) is 58.9 Å². The van der Waals surface area contributed by atoms with Gasteiger partial charge in [0.25, 0.3) is 10.1 Å². The number of carboxylic acids is 1. The molecule has 0 aliphatic carbocycles. The van der Waals surface area contributed by atoms with Gasteiger partial charge in [0.2, 0.25) is 5.43 Å². The number of fused-ring (bicyclic) bond motifs is 1. The fourth-order valence-corrected chi connectivity index (χ4v) is 12.6. The van der Waals surface area contributed by atoms with Gasteiger partial charge in [-0.3, -0.25) is 13.8 Å². The van der Waals surface area contributed by atoms with E-state index in [9.17, 15) is 48.3 Å². The summed E-state index contributed by atoms with van der Waals surface area (Å²) in [7, 11) is 2.07. The number of esters is 1. The Kier molecular flexibility index (Phi) is 22.4. The van der Waals surface area contributed by atoms with Crippen molar-refractivity contribution in [1.29, 1.82) is 0 Å². The van der Waals surface area contributed by atoms with Crippen LogP contribution in [0.2, 0.25) is 0 Å². The molecule has 26 heteroatoms. The van der Waals surface area contributed by atoms with Crippen molar-refractivity contribution < 1.29 is 85.4 Å². The Bertz CT molecular complexity index is 2610. The molecule has 0 amide bonds. The highest BCUT2D eigenvalue weighted by molar-refractivity contribution is 7.86. The van der Waals surface area contributed by atoms with E-state index in [1.54, 1.807) is 62.3 Å². The van der Waals surface area contributed by atoms with Crippen molar-refractivity contribution >= 4 is 44.6 Å². The van der Waals surface area contributed by atoms with Gasteiger partial charge in [-0.15, -0.1) is 0 Å². The van der Waals surface area contributed by atoms with Gasteiger partial charge < -0.3 is 78.9 Å². The first-order valence-corrected chi connectivity index (χ1v) is 28.6. The maximum absolute atomic E-state index is 15.1. The van der Waals surface area contributed by atoms with E-state index in [0.29, 0.717) is 12.1 Å². The molecule has 0 radical (unpaired) electrons. The zero-order valence-electron chi connectivity index (χ0n) is 48.3. The van der Waals surface area contributed by atoms with Crippen molar-refractivity contribution in [2.75, 3.05) is 59.0 Å². The molecular weight excluding hydrogens is 1060 g/mol. The molecule has 18 atom stereocenters. The van der Waals surface area contributed by atoms with Gasteiger partial charge in [0.05, 0.1) is 64.5 Å². The highest BCUT2D eigenvalue weighted by Gasteiger charge is 2.54. The van der Waals surface area contributed by atoms with E-state index in [-0.39, 0.29) is 68.4 Å². The molecule has 79 heavy (non-hydrogen) atoms. The van der Waals surface area contributed by atoms with Crippen LogP contribution in [0.1, 0.15) is 112 Å². The first kappa shape index (κ1) is 65.8. The number of aryl methyl sites for hydroxylation is 1. The van der Waals surface area contributed by atoms with Crippen LogP contribution in [-0.4, -0.2) is 204 Å². The number of pyridine rings is 2. The van der Waals surface area contributed by atoms with E-state index >= 15 is 4.39 Å². The van der Waals surface area contributed by atoms with Crippen LogP contribution in [0.25, 0.3) is 11.0 Å². The first-order valence-electron chi connectivity index (χ1n) is 27.1. The number of methoxy groups -OCH3 is 1. The van der Waals surface area contributed by atoms with E-state index in [4.69, 9.17) is 37.4 Å². The third-order valence-electron chi connectivity index (χ3n) is 16.0. The second kappa shape index (κ2) is 26.9. The Labute approximate surface area is 462 Å². The molecule has 0 aromatic carbocycles. The lowest BCUT2D eigenvalue weighted by Crippen LogP contribution is -2.61. The third kappa shape index (κ3) is 15.2. The number of likely N-dealkylation sites (N-methyl/N-ethyl adjacent to an activating group) is 1. The number of anilines is 1. The highest BCUT2D eigenvalue weighted by Crippen LogP contribution is 2.42. The molecule has 450 valence electrons. The minimum Gasteiger partial charge on any atom is -0.477 e. The number of carbonyl (C=O) groups excluding carboxylic acids is 1. The topological polar surface area (TPSA) is 318 Å². The molecule has 3 aliphatic rings. The Hall–Kier alpha value is -4.03. The maximum Gasteiger partial charge on any atom is 0.341 e. The molecule has 2 aromatic heterocycles. The van der Waals surface area contributed by atoms with Gasteiger partial charge in [-0.25, -0.2) is 14.2 Å². The van der Waals surface area contributed by atoms with Crippen molar-refractivity contribution in [2.24, 2.45) is 28.8 Å². The SMILES string of the molecule is CC[C@H]1OC(=O)[C@H](C)[C@@H](O[C@H]2C[C@@](C)(OC)[C@@H](OS(=O)(=O)CCNCCNc3nc4c(cc3F)c(=O)c(C(=O)O)cn4CC)[C@H](C)O2)[C@H](C)[C@@H](O[C@@H]2O[C@H](C)C[C@H](N(C)C)[C@H]2O)[C@](C)(O)C[C@@H](C)/C(=N\OC)[C@H](C)[C@@H](O)[C@]1(C)O. The largest absolute Gasteiger partial charge is 0.477 e. The lowest BCUT2D eigenvalue weighted by Gasteiger charge is -2.49. The number of rotatable bonds is 19. The molecule has 3 saturated heterocycles. The van der Waals surface area contributed by atoms with Gasteiger partial charge in [-0.1, -0.05) is 32.9 Å². The molecule has 0 bridgehead atoms. The summed E-state index contributed by atoms with van der Waals surface area (Å²) in [6, 6.07) is 0.533. The maximum atomic E-state index is 15.1. The standard InChI is InChI=1S/C53H87FN6O18S/c1-16-37-53(11,68)43(63)29(5)39(58-72-15)27(3)24-51(9,67)44(77-50-41(62)36(59(12)13)22-28(4)73-50)30(6)42(31(7)49(66)75-37)76-38-25-52(10,71-14)45(32(8)74-38)78-79(69,70)21-20-55-18-19-56-46-35(54)23-33-40(61)34(48(64)65)26-60(17-2)47(33)57-46/h23,26-32,36-38,41-45,50,55,62-63,67-68H,16-22,24-25H2,1-15H3,(H,56,57)(H,64,65)/b58-39+/t27-,28-,29+,30+,31-,32+,36+,37-,38+,41-,42+,43-,44-,45+,50+,51-,52-,53-/m1/s1. The van der Waals surface area contributed by atoms with Crippen LogP contribution in [0, 0.1) is 29.5 Å². The van der Waals surface area contributed by atoms with Gasteiger partial charge >= 0.3 is 11.9 Å². The summed E-state index contributed by atoms with van der Waals surface area (Å²) in [6.45, 7) is 18.5. The number of nitrogens with zero attached hydrogens (tertiary/aromatic N) is 4. The molecule has 7 N–H and O–H groups in total. The Morgan fingerprint density at radius 3 is 2.24 bits per heavy atom. The highest BCUT2D eigenvalue weighted by atomic mass is 32.2. The Balaban J connectivity index is 1.38. The summed E-state index contributed by atoms with van der Waals surface area (Å²) in [6.07, 6.45) is -10.1. The molecule has 3 fully saturated rings. The zero-order valence-corrected chi connectivity index (χ0v) is 49.1. The molecule has 0 unspecified atom stereocenters. The van der Waals surface area contributed by atoms with Gasteiger partial charge in [0.1, 0.15) is 42.2 Å². The number of aliphatic hydroxyl groups is 4. The molecule has 24 nitrogen and oxygen atoms in total. The number of nitrogens with one attached hydrogen (secondary N) is 2. The van der Waals surface area contributed by atoms with Crippen LogP contribution in [0.4, 0.5) is 10.2 Å². The first-order chi connectivity index (χ1) is 36.8. The van der Waals surface area contributed by atoms with Gasteiger partial charge in [0, 0.05) is 69.7 Å². The minimum absolute atomic E-state index is 0.0768. The zero-order chi connectivity index (χ0) is 59.3. The van der Waals surface area contributed by atoms with Gasteiger partial charge in [-0.2, -0.15) is 8.42 Å². The number of hydrogen-bond acceptors (Lipinski definition) is 22. The fraction of sp³-hybridized carbons (Fsp3) is 0.792. The number of aromatic nitrogens is 2. The number of hydrogen-bond donors (Lipinski definition) is 7. The van der Waals surface area contributed by atoms with Crippen molar-refractivity contribution in [3.63, 3.8) is 0 Å². The number of ether oxygens (including phenoxy) is 6. The van der Waals surface area contributed by atoms with E-state index < -0.39 is 146 Å². The average Bonchev–Trinajstić information content (AvgIpc) is 3.40. The van der Waals surface area contributed by atoms with Crippen LogP contribution in [0.3, 0.4) is 0 Å². The second-order valence-electron chi connectivity index (χ2n) is 22.4. The lowest BCUT2D eigenvalue weighted by molar-refractivity contribution is -0.316. The second-order valence-corrected chi connectivity index (χ2v) is 24.1. The Morgan fingerprint density at radius 1 is 0.975 bits per heavy atom. The number of halogens is 1. The number of cyclic esters (lactones) is 1. The van der Waals surface area contributed by atoms with Crippen LogP contribution < -0.4 is 16.1 Å². The molecule has 2 aromatic rings. The van der Waals surface area contributed by atoms with Crippen LogP contribution in [0.15, 0.2) is 22.2 Å². The average molecular weight is 1150 g/mol. The summed E-state index contributed by atoms with van der Waals surface area (Å²) in [4.78, 5) is 50.3. The van der Waals surface area contributed by atoms with E-state index in [2.05, 4.69) is 20.8 Å². The normalized spacial score (nSPS) is 36.9. The number of aromatic carboxylic acids is 1. The summed E-state index contributed by atoms with van der Waals surface area (Å²) in [5, 5.41) is 67.8. The molecular formula is C53H87FN6O18S. The minimum atomic E-state index is -4.30. The number of carbonyl (C=O) groups is 2. The van der Waals surface area contributed by atoms with Crippen molar-refractivity contribution in [1.82, 2.24) is 19.8 Å². The fourth-order valence-electron chi connectivity index (χ4n) is 11.5. The summed E-state index contributed by atoms with van der Waals surface area (Å²) < 4.78 is 88.0. The quantitative estimate of drug-likeness (QED) is 0.0460. The molecule has 0 saturated carbocycles. The summed E-state index contributed by atoms with van der Waals surface area (Å²) in [5.41, 5.74) is -6.26. The van der Waals surface area contributed by atoms with Gasteiger partial charge in [0.15, 0.2) is 24.2 Å². The number of carboxylic acid groups (broad SMARTS) is 1.